The molecule has 1 aliphatic heterocycles. The van der Waals surface area contributed by atoms with Gasteiger partial charge in [0.1, 0.15) is 5.75 Å². The number of Topliss-reactive ketones (excluding diaryl/α,β-unsaturated/α-hetero) is 1. The molecule has 1 unspecified atom stereocenters. The molecule has 1 amide bonds. The number of nitrogens with zero attached hydrogens (tertiary/aromatic N) is 1. The Hall–Kier alpha value is -4.76. The highest BCUT2D eigenvalue weighted by atomic mass is 35.5. The van der Waals surface area contributed by atoms with Gasteiger partial charge in [-0.15, -0.1) is 0 Å². The fourth-order valence-corrected chi connectivity index (χ4v) is 4.91. The third-order valence-electron chi connectivity index (χ3n) is 6.57. The summed E-state index contributed by atoms with van der Waals surface area (Å²) in [7, 11) is 1.44. The molecule has 40 heavy (non-hydrogen) atoms. The van der Waals surface area contributed by atoms with E-state index in [1.165, 1.54) is 30.2 Å². The number of carbonyl (C=O) groups is 3. The van der Waals surface area contributed by atoms with Crippen LogP contribution < -0.4 is 4.74 Å². The molecule has 10 heteroatoms. The molecule has 0 aliphatic carbocycles. The number of esters is 1. The van der Waals surface area contributed by atoms with Gasteiger partial charge in [-0.05, 0) is 54.4 Å². The van der Waals surface area contributed by atoms with Gasteiger partial charge in [-0.2, -0.15) is 0 Å². The summed E-state index contributed by atoms with van der Waals surface area (Å²) < 4.78 is 16.2. The van der Waals surface area contributed by atoms with Crippen LogP contribution in [0.4, 0.5) is 0 Å². The number of rotatable bonds is 8. The van der Waals surface area contributed by atoms with Crippen LogP contribution in [0.1, 0.15) is 45.0 Å². The Kier molecular flexibility index (Phi) is 7.23. The van der Waals surface area contributed by atoms with E-state index in [0.29, 0.717) is 38.4 Å². The molecule has 1 aromatic heterocycles. The van der Waals surface area contributed by atoms with Gasteiger partial charge in [-0.25, -0.2) is 4.79 Å². The van der Waals surface area contributed by atoms with E-state index < -0.39 is 29.5 Å². The molecule has 1 aliphatic rings. The zero-order valence-electron chi connectivity index (χ0n) is 21.5. The summed E-state index contributed by atoms with van der Waals surface area (Å²) >= 11 is 6.16. The Morgan fingerprint density at radius 3 is 2.38 bits per heavy atom. The number of benzene rings is 3. The van der Waals surface area contributed by atoms with E-state index in [4.69, 9.17) is 25.5 Å². The van der Waals surface area contributed by atoms with Crippen molar-refractivity contribution >= 4 is 40.2 Å². The van der Waals surface area contributed by atoms with E-state index in [9.17, 15) is 24.6 Å². The van der Waals surface area contributed by atoms with Crippen LogP contribution in [0, 0.1) is 0 Å². The average Bonchev–Trinajstić information content (AvgIpc) is 3.48. The second-order valence-corrected chi connectivity index (χ2v) is 9.51. The normalized spacial score (nSPS) is 15.1. The number of aromatic hydroxyl groups is 1. The third kappa shape index (κ3) is 4.87. The first-order valence-corrected chi connectivity index (χ1v) is 12.7. The second-order valence-electron chi connectivity index (χ2n) is 9.07. The number of furan rings is 1. The molecule has 0 saturated heterocycles. The van der Waals surface area contributed by atoms with Crippen molar-refractivity contribution in [2.45, 2.75) is 19.5 Å². The van der Waals surface area contributed by atoms with Crippen LogP contribution in [0.2, 0.25) is 5.02 Å². The number of hydrogen-bond acceptors (Lipinski definition) is 8. The van der Waals surface area contributed by atoms with Crippen molar-refractivity contribution in [3.63, 3.8) is 0 Å². The molecule has 2 N–H and O–H groups in total. The number of aliphatic hydroxyl groups excluding tert-OH is 1. The van der Waals surface area contributed by atoms with Gasteiger partial charge in [-0.3, -0.25) is 9.59 Å². The minimum Gasteiger partial charge on any atom is -0.508 e. The fraction of sp³-hybridized carbons (Fsp3) is 0.167. The highest BCUT2D eigenvalue weighted by molar-refractivity contribution is 6.31. The Labute approximate surface area is 233 Å². The highest BCUT2D eigenvalue weighted by Crippen LogP contribution is 2.41. The number of phenolic OH excluding ortho intramolecular Hbond substituents is 1. The van der Waals surface area contributed by atoms with Crippen molar-refractivity contribution in [1.29, 1.82) is 0 Å². The number of carbonyl (C=O) groups excluding carboxylic acids is 3. The fourth-order valence-electron chi connectivity index (χ4n) is 4.69. The van der Waals surface area contributed by atoms with Crippen molar-refractivity contribution in [3.05, 3.63) is 106 Å². The molecule has 0 spiro atoms. The van der Waals surface area contributed by atoms with Crippen LogP contribution in [0.5, 0.6) is 11.5 Å². The topological polar surface area (TPSA) is 127 Å². The van der Waals surface area contributed by atoms with Gasteiger partial charge in [0, 0.05) is 23.0 Å². The summed E-state index contributed by atoms with van der Waals surface area (Å²) in [5, 5.41) is 21.7. The van der Waals surface area contributed by atoms with Gasteiger partial charge in [-0.1, -0.05) is 35.9 Å². The molecule has 1 atom stereocenters. The monoisotopic (exact) mass is 561 g/mol. The van der Waals surface area contributed by atoms with Crippen LogP contribution in [0.15, 0.2) is 82.5 Å². The average molecular weight is 562 g/mol. The van der Waals surface area contributed by atoms with Gasteiger partial charge in [0.05, 0.1) is 30.9 Å². The number of methoxy groups -OCH3 is 1. The molecule has 2 heterocycles. The largest absolute Gasteiger partial charge is 0.508 e. The lowest BCUT2D eigenvalue weighted by Crippen LogP contribution is -2.30. The predicted octanol–water partition coefficient (Wildman–Crippen LogP) is 5.76. The summed E-state index contributed by atoms with van der Waals surface area (Å²) in [5.74, 6) is -2.43. The third-order valence-corrected chi connectivity index (χ3v) is 6.78. The molecule has 0 fully saturated rings. The van der Waals surface area contributed by atoms with Crippen LogP contribution in [0.25, 0.3) is 11.0 Å². The number of hydrogen-bond donors (Lipinski definition) is 2. The summed E-state index contributed by atoms with van der Waals surface area (Å²) in [5.41, 5.74) is 1.60. The van der Waals surface area contributed by atoms with Gasteiger partial charge in [0.2, 0.25) is 5.78 Å². The lowest BCUT2D eigenvalue weighted by Gasteiger charge is -2.27. The van der Waals surface area contributed by atoms with E-state index in [-0.39, 0.29) is 30.2 Å². The smallest absolute Gasteiger partial charge is 0.338 e. The van der Waals surface area contributed by atoms with Crippen molar-refractivity contribution < 1.29 is 38.5 Å². The van der Waals surface area contributed by atoms with Gasteiger partial charge in [0.15, 0.2) is 22.9 Å². The molecule has 0 saturated carbocycles. The number of ketones is 1. The Morgan fingerprint density at radius 2 is 1.73 bits per heavy atom. The zero-order chi connectivity index (χ0) is 28.6. The first kappa shape index (κ1) is 26.8. The molecular weight excluding hydrogens is 538 g/mol. The molecule has 3 aromatic carbocycles. The van der Waals surface area contributed by atoms with Crippen molar-refractivity contribution in [2.24, 2.45) is 0 Å². The van der Waals surface area contributed by atoms with E-state index in [1.807, 2.05) is 0 Å². The maximum Gasteiger partial charge on any atom is 0.338 e. The quantitative estimate of drug-likeness (QED) is 0.205. The minimum atomic E-state index is -0.996. The van der Waals surface area contributed by atoms with E-state index in [1.54, 1.807) is 55.5 Å². The standard InChI is InChI=1S/C30H24ClNO8/c1-3-39-30(37)18-6-4-16(5-7-18)15-32-25(17-8-10-21(33)11-9-17)24(27(35)29(32)36)26(34)22-13-19-12-20(31)14-23(38-2)28(19)40-22/h4-14,25,33,35H,3,15H2,1-2H3. The van der Waals surface area contributed by atoms with Crippen LogP contribution in [-0.4, -0.2) is 46.5 Å². The Balaban J connectivity index is 1.54. The van der Waals surface area contributed by atoms with Crippen LogP contribution in [0.3, 0.4) is 0 Å². The molecule has 0 bridgehead atoms. The summed E-state index contributed by atoms with van der Waals surface area (Å²) in [6.45, 7) is 1.96. The molecule has 0 radical (unpaired) electrons. The Morgan fingerprint density at radius 1 is 1.02 bits per heavy atom. The SMILES string of the molecule is CCOC(=O)c1ccc(CN2C(=O)C(O)=C(C(=O)c3cc4cc(Cl)cc(OC)c4o3)C2c2ccc(O)cc2)cc1. The van der Waals surface area contributed by atoms with Gasteiger partial charge < -0.3 is 29.0 Å². The number of amides is 1. The maximum atomic E-state index is 13.8. The van der Waals surface area contributed by atoms with Gasteiger partial charge >= 0.3 is 5.97 Å². The molecule has 5 rings (SSSR count). The molecule has 204 valence electrons. The first-order chi connectivity index (χ1) is 19.2. The summed E-state index contributed by atoms with van der Waals surface area (Å²) in [6.07, 6.45) is 0. The highest BCUT2D eigenvalue weighted by Gasteiger charge is 2.44. The number of halogens is 1. The predicted molar refractivity (Wildman–Crippen MR) is 146 cm³/mol. The summed E-state index contributed by atoms with van der Waals surface area (Å²) in [4.78, 5) is 40.5. The zero-order valence-corrected chi connectivity index (χ0v) is 22.3. The van der Waals surface area contributed by atoms with E-state index >= 15 is 0 Å². The van der Waals surface area contributed by atoms with Crippen LogP contribution in [-0.2, 0) is 16.1 Å². The van der Waals surface area contributed by atoms with Crippen molar-refractivity contribution in [1.82, 2.24) is 4.90 Å². The number of aliphatic hydroxyl groups is 1. The summed E-state index contributed by atoms with van der Waals surface area (Å²) in [6, 6.07) is 16.1. The minimum absolute atomic E-state index is 0.00323. The maximum absolute atomic E-state index is 13.8. The lowest BCUT2D eigenvalue weighted by molar-refractivity contribution is -0.130. The molecular formula is C30H24ClNO8. The molecule has 4 aromatic rings. The number of fused-ring (bicyclic) bond motifs is 1. The number of ether oxygens (including phenoxy) is 2. The second kappa shape index (κ2) is 10.8. The van der Waals surface area contributed by atoms with Crippen molar-refractivity contribution in [3.8, 4) is 11.5 Å². The van der Waals surface area contributed by atoms with E-state index in [2.05, 4.69) is 0 Å². The lowest BCUT2D eigenvalue weighted by atomic mass is 9.94. The molecule has 9 nitrogen and oxygen atoms in total. The van der Waals surface area contributed by atoms with Gasteiger partial charge in [0.25, 0.3) is 5.91 Å². The van der Waals surface area contributed by atoms with Crippen LogP contribution >= 0.6 is 11.6 Å². The Bertz CT molecular complexity index is 1650. The first-order valence-electron chi connectivity index (χ1n) is 12.3. The van der Waals surface area contributed by atoms with Crippen molar-refractivity contribution in [2.75, 3.05) is 13.7 Å². The van der Waals surface area contributed by atoms with E-state index in [0.717, 1.165) is 0 Å². The number of phenols is 1.